The van der Waals surface area contributed by atoms with E-state index >= 15 is 0 Å². The molecule has 0 spiro atoms. The first-order valence-electron chi connectivity index (χ1n) is 8.19. The van der Waals surface area contributed by atoms with Crippen molar-refractivity contribution < 1.29 is 9.90 Å². The molecule has 1 aromatic heterocycles. The lowest BCUT2D eigenvalue weighted by atomic mass is 10.2. The average molecular weight is 480 g/mol. The van der Waals surface area contributed by atoms with Crippen molar-refractivity contribution in [1.29, 1.82) is 0 Å². The van der Waals surface area contributed by atoms with Crippen LogP contribution in [0.25, 0.3) is 11.4 Å². The number of allylic oxidation sites excluding steroid dienone is 1. The van der Waals surface area contributed by atoms with Crippen LogP contribution in [-0.2, 0) is 11.3 Å². The molecule has 0 bridgehead atoms. The minimum Gasteiger partial charge on any atom is -0.507 e. The molecule has 0 saturated carbocycles. The summed E-state index contributed by atoms with van der Waals surface area (Å²) in [5.41, 5.74) is 1.10. The van der Waals surface area contributed by atoms with Crippen LogP contribution in [0.4, 0.5) is 5.69 Å². The van der Waals surface area contributed by atoms with Gasteiger partial charge in [0, 0.05) is 11.0 Å². The van der Waals surface area contributed by atoms with Gasteiger partial charge in [0.15, 0.2) is 11.0 Å². The third kappa shape index (κ3) is 4.76. The van der Waals surface area contributed by atoms with Crippen molar-refractivity contribution >= 4 is 50.9 Å². The first kappa shape index (κ1) is 20.4. The van der Waals surface area contributed by atoms with E-state index in [1.807, 2.05) is 0 Å². The highest BCUT2D eigenvalue weighted by molar-refractivity contribution is 9.10. The zero-order chi connectivity index (χ0) is 20.1. The smallest absolute Gasteiger partial charge is 0.234 e. The summed E-state index contributed by atoms with van der Waals surface area (Å²) in [6.07, 6.45) is 1.70. The largest absolute Gasteiger partial charge is 0.507 e. The van der Waals surface area contributed by atoms with E-state index in [4.69, 9.17) is 11.6 Å². The number of para-hydroxylation sites is 1. The van der Waals surface area contributed by atoms with Gasteiger partial charge in [0.1, 0.15) is 5.75 Å². The molecule has 0 unspecified atom stereocenters. The van der Waals surface area contributed by atoms with Gasteiger partial charge in [-0.25, -0.2) is 0 Å². The Hall–Kier alpha value is -2.29. The molecule has 0 saturated heterocycles. The Kier molecular flexibility index (Phi) is 6.77. The van der Waals surface area contributed by atoms with E-state index in [-0.39, 0.29) is 17.4 Å². The van der Waals surface area contributed by atoms with Gasteiger partial charge in [-0.3, -0.25) is 9.36 Å². The number of nitrogens with one attached hydrogen (secondary N) is 1. The number of halogens is 2. The summed E-state index contributed by atoms with van der Waals surface area (Å²) in [4.78, 5) is 12.3. The van der Waals surface area contributed by atoms with Gasteiger partial charge in [0.05, 0.1) is 22.0 Å². The van der Waals surface area contributed by atoms with Crippen molar-refractivity contribution in [2.75, 3.05) is 11.1 Å². The number of hydrogen-bond donors (Lipinski definition) is 2. The van der Waals surface area contributed by atoms with Crippen molar-refractivity contribution in [1.82, 2.24) is 14.8 Å². The summed E-state index contributed by atoms with van der Waals surface area (Å²) in [6.45, 7) is 4.19. The number of thioether (sulfide) groups is 1. The molecule has 3 aromatic rings. The number of aromatic nitrogens is 3. The maximum absolute atomic E-state index is 12.3. The highest BCUT2D eigenvalue weighted by atomic mass is 79.9. The van der Waals surface area contributed by atoms with E-state index in [1.165, 1.54) is 11.8 Å². The lowest BCUT2D eigenvalue weighted by molar-refractivity contribution is -0.113. The fourth-order valence-electron chi connectivity index (χ4n) is 2.45. The number of amides is 1. The number of benzene rings is 2. The topological polar surface area (TPSA) is 80.0 Å². The predicted octanol–water partition coefficient (Wildman–Crippen LogP) is 4.98. The second-order valence-electron chi connectivity index (χ2n) is 5.68. The summed E-state index contributed by atoms with van der Waals surface area (Å²) in [6, 6.07) is 12.1. The number of carbonyl (C=O) groups excluding carboxylic acids is 1. The van der Waals surface area contributed by atoms with Gasteiger partial charge in [0.25, 0.3) is 0 Å². The first-order chi connectivity index (χ1) is 13.5. The Balaban J connectivity index is 1.78. The van der Waals surface area contributed by atoms with E-state index in [9.17, 15) is 9.90 Å². The third-order valence-corrected chi connectivity index (χ3v) is 5.50. The summed E-state index contributed by atoms with van der Waals surface area (Å²) < 4.78 is 2.60. The average Bonchev–Trinajstić information content (AvgIpc) is 3.07. The van der Waals surface area contributed by atoms with Gasteiger partial charge in [-0.15, -0.1) is 16.8 Å². The summed E-state index contributed by atoms with van der Waals surface area (Å²) in [5.74, 6) is 0.505. The molecule has 0 atom stereocenters. The van der Waals surface area contributed by atoms with Gasteiger partial charge in [-0.2, -0.15) is 0 Å². The quantitative estimate of drug-likeness (QED) is 0.369. The van der Waals surface area contributed by atoms with Gasteiger partial charge in [-0.05, 0) is 30.3 Å². The Morgan fingerprint density at radius 3 is 2.86 bits per heavy atom. The monoisotopic (exact) mass is 478 g/mol. The fraction of sp³-hybridized carbons (Fsp3) is 0.105. The maximum Gasteiger partial charge on any atom is 0.234 e. The zero-order valence-electron chi connectivity index (χ0n) is 14.6. The lowest BCUT2D eigenvalue weighted by Gasteiger charge is -2.10. The van der Waals surface area contributed by atoms with Gasteiger partial charge < -0.3 is 10.4 Å². The summed E-state index contributed by atoms with van der Waals surface area (Å²) >= 11 is 10.7. The van der Waals surface area contributed by atoms with E-state index in [2.05, 4.69) is 38.0 Å². The van der Waals surface area contributed by atoms with Crippen LogP contribution in [0, 0.1) is 0 Å². The molecule has 0 aliphatic carbocycles. The van der Waals surface area contributed by atoms with Crippen LogP contribution in [0.15, 0.2) is 64.7 Å². The molecule has 144 valence electrons. The number of carbonyl (C=O) groups is 1. The molecule has 9 heteroatoms. The Labute approximate surface area is 179 Å². The molecule has 0 radical (unpaired) electrons. The van der Waals surface area contributed by atoms with Crippen LogP contribution in [0.1, 0.15) is 0 Å². The molecule has 0 fully saturated rings. The minimum atomic E-state index is -0.210. The molecule has 2 N–H and O–H groups in total. The second-order valence-corrected chi connectivity index (χ2v) is 7.95. The number of rotatable bonds is 7. The highest BCUT2D eigenvalue weighted by Crippen LogP contribution is 2.32. The lowest BCUT2D eigenvalue weighted by Crippen LogP contribution is -2.15. The van der Waals surface area contributed by atoms with Crippen molar-refractivity contribution in [2.45, 2.75) is 11.7 Å². The van der Waals surface area contributed by atoms with Crippen LogP contribution in [0.2, 0.25) is 5.02 Å². The number of nitrogens with zero attached hydrogens (tertiary/aromatic N) is 3. The molecular formula is C19H16BrClN4O2S. The van der Waals surface area contributed by atoms with Crippen LogP contribution in [0.3, 0.4) is 0 Å². The first-order valence-corrected chi connectivity index (χ1v) is 10.4. The molecule has 3 rings (SSSR count). The maximum atomic E-state index is 12.3. The van der Waals surface area contributed by atoms with Gasteiger partial charge >= 0.3 is 0 Å². The van der Waals surface area contributed by atoms with Crippen molar-refractivity contribution in [3.05, 3.63) is 64.6 Å². The molecule has 0 aliphatic heterocycles. The molecule has 0 aliphatic rings. The molecular weight excluding hydrogens is 464 g/mol. The Morgan fingerprint density at radius 1 is 1.32 bits per heavy atom. The van der Waals surface area contributed by atoms with Crippen molar-refractivity contribution in [3.63, 3.8) is 0 Å². The summed E-state index contributed by atoms with van der Waals surface area (Å²) in [5, 5.41) is 22.3. The number of phenolic OH excluding ortho intramolecular Hbond substituents is 1. The number of hydrogen-bond acceptors (Lipinski definition) is 5. The molecule has 6 nitrogen and oxygen atoms in total. The Bertz CT molecular complexity index is 1020. The highest BCUT2D eigenvalue weighted by Gasteiger charge is 2.18. The second kappa shape index (κ2) is 9.27. The van der Waals surface area contributed by atoms with Gasteiger partial charge in [0.2, 0.25) is 5.91 Å². The standard InChI is InChI=1S/C19H16BrClN4O2S/c1-2-9-25-18(13-10-12(20)7-8-16(13)26)23-24-19(25)28-11-17(27)22-15-6-4-3-5-14(15)21/h2-8,10,26H,1,9,11H2,(H,22,27). The molecule has 1 heterocycles. The molecule has 1 amide bonds. The van der Waals surface area contributed by atoms with Crippen LogP contribution in [-0.4, -0.2) is 31.5 Å². The summed E-state index contributed by atoms with van der Waals surface area (Å²) in [7, 11) is 0. The third-order valence-electron chi connectivity index (χ3n) is 3.71. The van der Waals surface area contributed by atoms with Crippen LogP contribution >= 0.6 is 39.3 Å². The normalized spacial score (nSPS) is 10.6. The number of anilines is 1. The molecule has 28 heavy (non-hydrogen) atoms. The van der Waals surface area contributed by atoms with E-state index in [0.717, 1.165) is 4.47 Å². The number of phenols is 1. The van der Waals surface area contributed by atoms with Crippen LogP contribution < -0.4 is 5.32 Å². The number of aromatic hydroxyl groups is 1. The van der Waals surface area contributed by atoms with Gasteiger partial charge in [-0.1, -0.05) is 57.5 Å². The zero-order valence-corrected chi connectivity index (χ0v) is 17.8. The van der Waals surface area contributed by atoms with Crippen molar-refractivity contribution in [3.8, 4) is 17.1 Å². The van der Waals surface area contributed by atoms with E-state index in [1.54, 1.807) is 53.1 Å². The SMILES string of the molecule is C=CCn1c(SCC(=O)Nc2ccccc2Cl)nnc1-c1cc(Br)ccc1O. The Morgan fingerprint density at radius 2 is 2.11 bits per heavy atom. The molecule has 2 aromatic carbocycles. The van der Waals surface area contributed by atoms with Crippen molar-refractivity contribution in [2.24, 2.45) is 0 Å². The predicted molar refractivity (Wildman–Crippen MR) is 116 cm³/mol. The van der Waals surface area contributed by atoms with E-state index < -0.39 is 0 Å². The minimum absolute atomic E-state index is 0.0916. The fourth-order valence-corrected chi connectivity index (χ4v) is 3.75. The van der Waals surface area contributed by atoms with E-state index in [0.29, 0.717) is 33.8 Å². The van der Waals surface area contributed by atoms with Crippen LogP contribution in [0.5, 0.6) is 5.75 Å².